The van der Waals surface area contributed by atoms with Crippen molar-refractivity contribution in [3.63, 3.8) is 0 Å². The van der Waals surface area contributed by atoms with E-state index >= 15 is 0 Å². The summed E-state index contributed by atoms with van der Waals surface area (Å²) in [6.45, 7) is 5.25. The van der Waals surface area contributed by atoms with Gasteiger partial charge in [-0.3, -0.25) is 0 Å². The number of rotatable bonds is 6. The van der Waals surface area contributed by atoms with Crippen LogP contribution in [-0.4, -0.2) is 19.0 Å². The Morgan fingerprint density at radius 3 is 2.64 bits per heavy atom. The van der Waals surface area contributed by atoms with E-state index in [1.165, 1.54) is 32.1 Å². The first-order valence-corrected chi connectivity index (χ1v) is 6.10. The molecule has 0 amide bonds. The second-order valence-electron chi connectivity index (χ2n) is 4.24. The number of unbranched alkanes of at least 4 members (excludes halogenated alkanes) is 4. The second kappa shape index (κ2) is 7.24. The normalized spacial score (nSPS) is 27.9. The number of hydrogen-bond acceptors (Lipinski definition) is 2. The maximum Gasteiger partial charge on any atom is 0.157 e. The summed E-state index contributed by atoms with van der Waals surface area (Å²) in [7, 11) is 0. The van der Waals surface area contributed by atoms with Gasteiger partial charge in [0.25, 0.3) is 0 Å². The Morgan fingerprint density at radius 1 is 1.14 bits per heavy atom. The minimum Gasteiger partial charge on any atom is -0.353 e. The van der Waals surface area contributed by atoms with Crippen molar-refractivity contribution >= 4 is 0 Å². The zero-order chi connectivity index (χ0) is 10.2. The Hall–Kier alpha value is -0.0800. The molecule has 2 heteroatoms. The van der Waals surface area contributed by atoms with Crippen LogP contribution in [-0.2, 0) is 9.47 Å². The molecule has 2 nitrogen and oxygen atoms in total. The third-order valence-electron chi connectivity index (χ3n) is 2.76. The molecule has 0 bridgehead atoms. The average Bonchev–Trinajstić information content (AvgIpc) is 2.18. The van der Waals surface area contributed by atoms with Gasteiger partial charge >= 0.3 is 0 Å². The van der Waals surface area contributed by atoms with Crippen molar-refractivity contribution in [2.45, 2.75) is 71.2 Å². The Kier molecular flexibility index (Phi) is 6.20. The predicted molar refractivity (Wildman–Crippen MR) is 58.3 cm³/mol. The van der Waals surface area contributed by atoms with Gasteiger partial charge < -0.3 is 9.47 Å². The smallest absolute Gasteiger partial charge is 0.157 e. The SMILES string of the molecule is CCCCCCCC1OCCC(C)O1. The van der Waals surface area contributed by atoms with Crippen molar-refractivity contribution < 1.29 is 9.47 Å². The van der Waals surface area contributed by atoms with Gasteiger partial charge in [-0.05, 0) is 26.2 Å². The van der Waals surface area contributed by atoms with Gasteiger partial charge in [0.05, 0.1) is 12.7 Å². The van der Waals surface area contributed by atoms with E-state index in [1.807, 2.05) is 0 Å². The molecule has 0 spiro atoms. The molecule has 1 aliphatic heterocycles. The van der Waals surface area contributed by atoms with Crippen LogP contribution < -0.4 is 0 Å². The van der Waals surface area contributed by atoms with Crippen molar-refractivity contribution in [2.24, 2.45) is 0 Å². The zero-order valence-electron chi connectivity index (χ0n) is 9.63. The van der Waals surface area contributed by atoms with E-state index in [4.69, 9.17) is 9.47 Å². The fraction of sp³-hybridized carbons (Fsp3) is 1.00. The molecule has 2 atom stereocenters. The molecular weight excluding hydrogens is 176 g/mol. The van der Waals surface area contributed by atoms with Crippen LogP contribution in [0, 0.1) is 0 Å². The molecule has 0 aromatic heterocycles. The van der Waals surface area contributed by atoms with E-state index in [-0.39, 0.29) is 6.29 Å². The van der Waals surface area contributed by atoms with Crippen LogP contribution >= 0.6 is 0 Å². The molecule has 1 heterocycles. The molecule has 1 saturated heterocycles. The van der Waals surface area contributed by atoms with Crippen molar-refractivity contribution in [1.82, 2.24) is 0 Å². The lowest BCUT2D eigenvalue weighted by molar-refractivity contribution is -0.210. The quantitative estimate of drug-likeness (QED) is 0.611. The lowest BCUT2D eigenvalue weighted by atomic mass is 10.1. The molecule has 1 fully saturated rings. The summed E-state index contributed by atoms with van der Waals surface area (Å²) in [6.07, 6.45) is 9.21. The minimum absolute atomic E-state index is 0.0837. The van der Waals surface area contributed by atoms with Crippen LogP contribution in [0.4, 0.5) is 0 Å². The van der Waals surface area contributed by atoms with Crippen LogP contribution in [0.1, 0.15) is 58.8 Å². The summed E-state index contributed by atoms with van der Waals surface area (Å²) in [4.78, 5) is 0. The lowest BCUT2D eigenvalue weighted by Gasteiger charge is -2.28. The van der Waals surface area contributed by atoms with Crippen LogP contribution in [0.2, 0.25) is 0 Å². The van der Waals surface area contributed by atoms with Crippen LogP contribution in [0.25, 0.3) is 0 Å². The van der Waals surface area contributed by atoms with E-state index < -0.39 is 0 Å². The molecule has 0 saturated carbocycles. The maximum absolute atomic E-state index is 5.67. The molecule has 0 N–H and O–H groups in total. The molecule has 0 aliphatic carbocycles. The van der Waals surface area contributed by atoms with Crippen LogP contribution in [0.3, 0.4) is 0 Å². The van der Waals surface area contributed by atoms with Crippen molar-refractivity contribution in [3.8, 4) is 0 Å². The molecule has 0 aromatic rings. The summed E-state index contributed by atoms with van der Waals surface area (Å²) in [5, 5.41) is 0. The summed E-state index contributed by atoms with van der Waals surface area (Å²) in [5.74, 6) is 0. The molecule has 1 rings (SSSR count). The van der Waals surface area contributed by atoms with Gasteiger partial charge in [0.15, 0.2) is 6.29 Å². The van der Waals surface area contributed by atoms with Crippen LogP contribution in [0.15, 0.2) is 0 Å². The first-order chi connectivity index (χ1) is 6.83. The largest absolute Gasteiger partial charge is 0.353 e. The highest BCUT2D eigenvalue weighted by molar-refractivity contribution is 4.59. The first-order valence-electron chi connectivity index (χ1n) is 6.10. The van der Waals surface area contributed by atoms with Crippen LogP contribution in [0.5, 0.6) is 0 Å². The van der Waals surface area contributed by atoms with E-state index in [9.17, 15) is 0 Å². The molecule has 2 unspecified atom stereocenters. The Morgan fingerprint density at radius 2 is 1.93 bits per heavy atom. The standard InChI is InChI=1S/C12H24O2/c1-3-4-5-6-7-8-12-13-10-9-11(2)14-12/h11-12H,3-10H2,1-2H3. The Balaban J connectivity index is 1.95. The van der Waals surface area contributed by atoms with Gasteiger partial charge in [-0.25, -0.2) is 0 Å². The summed E-state index contributed by atoms with van der Waals surface area (Å²) >= 11 is 0. The minimum atomic E-state index is 0.0837. The highest BCUT2D eigenvalue weighted by Gasteiger charge is 2.18. The molecule has 14 heavy (non-hydrogen) atoms. The van der Waals surface area contributed by atoms with E-state index in [0.29, 0.717) is 6.10 Å². The molecule has 1 aliphatic rings. The van der Waals surface area contributed by atoms with Gasteiger partial charge in [-0.1, -0.05) is 32.6 Å². The van der Waals surface area contributed by atoms with Crippen molar-refractivity contribution in [1.29, 1.82) is 0 Å². The van der Waals surface area contributed by atoms with Gasteiger partial charge in [-0.15, -0.1) is 0 Å². The summed E-state index contributed by atoms with van der Waals surface area (Å²) < 4.78 is 11.2. The van der Waals surface area contributed by atoms with E-state index in [0.717, 1.165) is 19.4 Å². The van der Waals surface area contributed by atoms with Gasteiger partial charge in [-0.2, -0.15) is 0 Å². The third-order valence-corrected chi connectivity index (χ3v) is 2.76. The van der Waals surface area contributed by atoms with Gasteiger partial charge in [0.2, 0.25) is 0 Å². The average molecular weight is 200 g/mol. The lowest BCUT2D eigenvalue weighted by Crippen LogP contribution is -2.30. The first kappa shape index (κ1) is 12.0. The fourth-order valence-electron chi connectivity index (χ4n) is 1.80. The Labute approximate surface area is 88.0 Å². The predicted octanol–water partition coefficient (Wildman–Crippen LogP) is 3.50. The number of ether oxygens (including phenoxy) is 2. The molecule has 0 aromatic carbocycles. The van der Waals surface area contributed by atoms with E-state index in [2.05, 4.69) is 13.8 Å². The summed E-state index contributed by atoms with van der Waals surface area (Å²) in [6, 6.07) is 0. The monoisotopic (exact) mass is 200 g/mol. The van der Waals surface area contributed by atoms with Gasteiger partial charge in [0, 0.05) is 0 Å². The second-order valence-corrected chi connectivity index (χ2v) is 4.24. The van der Waals surface area contributed by atoms with Crippen molar-refractivity contribution in [3.05, 3.63) is 0 Å². The number of hydrogen-bond donors (Lipinski definition) is 0. The highest BCUT2D eigenvalue weighted by atomic mass is 16.7. The third kappa shape index (κ3) is 4.97. The van der Waals surface area contributed by atoms with Gasteiger partial charge in [0.1, 0.15) is 0 Å². The molecular formula is C12H24O2. The zero-order valence-corrected chi connectivity index (χ0v) is 9.63. The molecule has 0 radical (unpaired) electrons. The van der Waals surface area contributed by atoms with E-state index in [1.54, 1.807) is 0 Å². The maximum atomic E-state index is 5.67. The van der Waals surface area contributed by atoms with Crippen molar-refractivity contribution in [2.75, 3.05) is 6.61 Å². The summed E-state index contributed by atoms with van der Waals surface area (Å²) in [5.41, 5.74) is 0. The fourth-order valence-corrected chi connectivity index (χ4v) is 1.80. The topological polar surface area (TPSA) is 18.5 Å². The highest BCUT2D eigenvalue weighted by Crippen LogP contribution is 2.17. The molecule has 84 valence electrons. The Bertz CT molecular complexity index is 136.